The van der Waals surface area contributed by atoms with Gasteiger partial charge in [0.2, 0.25) is 0 Å². The first-order chi connectivity index (χ1) is 4.16. The molecule has 0 aliphatic carbocycles. The zero-order valence-corrected chi connectivity index (χ0v) is 6.79. The smallest absolute Gasteiger partial charge is 0.151 e. The maximum Gasteiger partial charge on any atom is 0.151 e. The van der Waals surface area contributed by atoms with Gasteiger partial charge in [0.15, 0.2) is 5.17 Å². The number of nitrogens with one attached hydrogen (secondary N) is 1. The van der Waals surface area contributed by atoms with Crippen LogP contribution in [0.25, 0.3) is 0 Å². The second-order valence-corrected chi connectivity index (χ2v) is 3.56. The van der Waals surface area contributed by atoms with Crippen LogP contribution < -0.4 is 5.73 Å². The summed E-state index contributed by atoms with van der Waals surface area (Å²) < 4.78 is 0. The molecule has 3 heteroatoms. The minimum Gasteiger partial charge on any atom is -0.379 e. The van der Waals surface area contributed by atoms with Crippen LogP contribution in [0.2, 0.25) is 0 Å². The van der Waals surface area contributed by atoms with Gasteiger partial charge in [-0.15, -0.1) is 0 Å². The Kier molecular flexibility index (Phi) is 4.58. The summed E-state index contributed by atoms with van der Waals surface area (Å²) in [5, 5.41) is 7.68. The Morgan fingerprint density at radius 3 is 2.67 bits per heavy atom. The van der Waals surface area contributed by atoms with Crippen LogP contribution in [-0.2, 0) is 0 Å². The van der Waals surface area contributed by atoms with Crippen LogP contribution in [0.4, 0.5) is 0 Å². The van der Waals surface area contributed by atoms with Crippen LogP contribution in [-0.4, -0.2) is 10.4 Å². The lowest BCUT2D eigenvalue weighted by Crippen LogP contribution is -2.09. The fraction of sp³-hybridized carbons (Fsp3) is 0.833. The summed E-state index contributed by atoms with van der Waals surface area (Å²) in [4.78, 5) is 0. The van der Waals surface area contributed by atoms with Crippen molar-refractivity contribution >= 4 is 16.9 Å². The van der Waals surface area contributed by atoms with Crippen molar-refractivity contribution in [2.75, 3.05) is 0 Å². The summed E-state index contributed by atoms with van der Waals surface area (Å²) in [5.41, 5.74) is 5.17. The van der Waals surface area contributed by atoms with Crippen molar-refractivity contribution in [2.24, 2.45) is 5.73 Å². The average molecular weight is 146 g/mol. The van der Waals surface area contributed by atoms with E-state index in [1.807, 2.05) is 0 Å². The molecule has 0 saturated heterocycles. The molecule has 54 valence electrons. The van der Waals surface area contributed by atoms with E-state index in [2.05, 4.69) is 13.8 Å². The Morgan fingerprint density at radius 1 is 1.78 bits per heavy atom. The zero-order chi connectivity index (χ0) is 7.28. The van der Waals surface area contributed by atoms with Crippen LogP contribution >= 0.6 is 11.8 Å². The van der Waals surface area contributed by atoms with Crippen molar-refractivity contribution in [3.05, 3.63) is 0 Å². The van der Waals surface area contributed by atoms with Crippen LogP contribution in [0.15, 0.2) is 0 Å². The summed E-state index contributed by atoms with van der Waals surface area (Å²) in [6.07, 6.45) is 2.31. The van der Waals surface area contributed by atoms with Gasteiger partial charge in [0.1, 0.15) is 0 Å². The molecule has 0 heterocycles. The fourth-order valence-electron chi connectivity index (χ4n) is 0.682. The number of thioether (sulfide) groups is 1. The highest BCUT2D eigenvalue weighted by Crippen LogP contribution is 2.13. The van der Waals surface area contributed by atoms with Gasteiger partial charge in [-0.2, -0.15) is 0 Å². The lowest BCUT2D eigenvalue weighted by atomic mass is 10.3. The van der Waals surface area contributed by atoms with Crippen molar-refractivity contribution in [2.45, 2.75) is 31.9 Å². The Bertz CT molecular complexity index is 93.1. The molecule has 0 aromatic carbocycles. The van der Waals surface area contributed by atoms with Crippen LogP contribution in [0.3, 0.4) is 0 Å². The molecule has 0 saturated carbocycles. The van der Waals surface area contributed by atoms with Gasteiger partial charge in [0.05, 0.1) is 0 Å². The molecular weight excluding hydrogens is 132 g/mol. The van der Waals surface area contributed by atoms with Crippen LogP contribution in [0, 0.1) is 5.41 Å². The minimum absolute atomic E-state index is 0.232. The maximum absolute atomic E-state index is 6.94. The molecule has 0 amide bonds. The Labute approximate surface area is 60.7 Å². The molecule has 0 spiro atoms. The first-order valence-corrected chi connectivity index (χ1v) is 4.05. The SMILES string of the molecule is CCCC(C)SC(=N)N. The third-order valence-electron chi connectivity index (χ3n) is 1.02. The predicted octanol–water partition coefficient (Wildman–Crippen LogP) is 1.80. The van der Waals surface area contributed by atoms with E-state index in [0.717, 1.165) is 6.42 Å². The number of amidine groups is 1. The van der Waals surface area contributed by atoms with Gasteiger partial charge in [-0.3, -0.25) is 5.41 Å². The molecule has 2 nitrogen and oxygen atoms in total. The van der Waals surface area contributed by atoms with Gasteiger partial charge in [0.25, 0.3) is 0 Å². The number of hydrogen-bond acceptors (Lipinski definition) is 2. The van der Waals surface area contributed by atoms with Gasteiger partial charge in [-0.25, -0.2) is 0 Å². The summed E-state index contributed by atoms with van der Waals surface area (Å²) >= 11 is 1.44. The molecule has 0 aromatic heterocycles. The van der Waals surface area contributed by atoms with Gasteiger partial charge < -0.3 is 5.73 Å². The first kappa shape index (κ1) is 8.82. The van der Waals surface area contributed by atoms with E-state index in [1.165, 1.54) is 18.2 Å². The molecule has 0 bridgehead atoms. The van der Waals surface area contributed by atoms with Gasteiger partial charge >= 0.3 is 0 Å². The lowest BCUT2D eigenvalue weighted by molar-refractivity contribution is 0.790. The Morgan fingerprint density at radius 2 is 2.33 bits per heavy atom. The minimum atomic E-state index is 0.232. The van der Waals surface area contributed by atoms with E-state index in [1.54, 1.807) is 0 Å². The maximum atomic E-state index is 6.94. The topological polar surface area (TPSA) is 49.9 Å². The number of hydrogen-bond donors (Lipinski definition) is 2. The van der Waals surface area contributed by atoms with Gasteiger partial charge in [-0.05, 0) is 6.42 Å². The average Bonchev–Trinajstić information content (AvgIpc) is 1.63. The van der Waals surface area contributed by atoms with E-state index >= 15 is 0 Å². The molecule has 0 radical (unpaired) electrons. The van der Waals surface area contributed by atoms with E-state index < -0.39 is 0 Å². The second kappa shape index (κ2) is 4.68. The van der Waals surface area contributed by atoms with E-state index in [4.69, 9.17) is 11.1 Å². The Hall–Kier alpha value is -0.180. The molecule has 0 aliphatic rings. The van der Waals surface area contributed by atoms with E-state index in [-0.39, 0.29) is 5.17 Å². The van der Waals surface area contributed by atoms with Crippen molar-refractivity contribution in [1.29, 1.82) is 5.41 Å². The molecule has 1 unspecified atom stereocenters. The predicted molar refractivity (Wildman–Crippen MR) is 43.9 cm³/mol. The number of rotatable bonds is 3. The third-order valence-corrected chi connectivity index (χ3v) is 1.92. The molecule has 0 aromatic rings. The lowest BCUT2D eigenvalue weighted by Gasteiger charge is -2.05. The summed E-state index contributed by atoms with van der Waals surface area (Å²) in [7, 11) is 0. The van der Waals surface area contributed by atoms with Crippen molar-refractivity contribution < 1.29 is 0 Å². The molecule has 9 heavy (non-hydrogen) atoms. The molecule has 0 fully saturated rings. The molecule has 0 aliphatic heterocycles. The molecular formula is C6H14N2S. The highest BCUT2D eigenvalue weighted by atomic mass is 32.2. The highest BCUT2D eigenvalue weighted by molar-refractivity contribution is 8.14. The third kappa shape index (κ3) is 5.69. The van der Waals surface area contributed by atoms with Crippen molar-refractivity contribution in [1.82, 2.24) is 0 Å². The van der Waals surface area contributed by atoms with E-state index in [9.17, 15) is 0 Å². The first-order valence-electron chi connectivity index (χ1n) is 3.17. The quantitative estimate of drug-likeness (QED) is 0.471. The standard InChI is InChI=1S/C6H14N2S/c1-3-4-5(2)9-6(7)8/h5H,3-4H2,1-2H3,(H3,7,8). The van der Waals surface area contributed by atoms with Crippen molar-refractivity contribution in [3.8, 4) is 0 Å². The van der Waals surface area contributed by atoms with Gasteiger partial charge in [0, 0.05) is 5.25 Å². The summed E-state index contributed by atoms with van der Waals surface area (Å²) in [6.45, 7) is 4.23. The summed E-state index contributed by atoms with van der Waals surface area (Å²) in [5.74, 6) is 0. The van der Waals surface area contributed by atoms with Crippen molar-refractivity contribution in [3.63, 3.8) is 0 Å². The van der Waals surface area contributed by atoms with E-state index in [0.29, 0.717) is 5.25 Å². The van der Waals surface area contributed by atoms with Gasteiger partial charge in [-0.1, -0.05) is 32.0 Å². The fourth-order valence-corrected chi connectivity index (χ4v) is 1.47. The molecule has 0 rings (SSSR count). The number of nitrogens with two attached hydrogens (primary N) is 1. The molecule has 3 N–H and O–H groups in total. The summed E-state index contributed by atoms with van der Waals surface area (Å²) in [6, 6.07) is 0. The van der Waals surface area contributed by atoms with Crippen LogP contribution in [0.1, 0.15) is 26.7 Å². The highest BCUT2D eigenvalue weighted by Gasteiger charge is 2.01. The Balaban J connectivity index is 3.26. The monoisotopic (exact) mass is 146 g/mol. The zero-order valence-electron chi connectivity index (χ0n) is 5.98. The largest absolute Gasteiger partial charge is 0.379 e. The normalized spacial score (nSPS) is 13.1. The molecule has 1 atom stereocenters. The second-order valence-electron chi connectivity index (χ2n) is 2.08. The van der Waals surface area contributed by atoms with Crippen LogP contribution in [0.5, 0.6) is 0 Å².